The lowest BCUT2D eigenvalue weighted by Crippen LogP contribution is -2.21. The summed E-state index contributed by atoms with van der Waals surface area (Å²) in [6.07, 6.45) is -0.171. The van der Waals surface area contributed by atoms with Gasteiger partial charge in [-0.15, -0.1) is 0 Å². The van der Waals surface area contributed by atoms with Crippen LogP contribution >= 0.6 is 0 Å². The molecule has 0 aliphatic carbocycles. The Labute approximate surface area is 54.6 Å². The summed E-state index contributed by atoms with van der Waals surface area (Å²) >= 11 is 0. The van der Waals surface area contributed by atoms with E-state index in [1.165, 1.54) is 0 Å². The van der Waals surface area contributed by atoms with Crippen LogP contribution < -0.4 is 0 Å². The fourth-order valence-corrected chi connectivity index (χ4v) is 0.791. The van der Waals surface area contributed by atoms with E-state index in [1.807, 2.05) is 6.92 Å². The Kier molecular flexibility index (Phi) is 2.45. The molecule has 1 heterocycles. The van der Waals surface area contributed by atoms with Gasteiger partial charge in [0.2, 0.25) is 0 Å². The van der Waals surface area contributed by atoms with E-state index in [0.717, 1.165) is 0 Å². The summed E-state index contributed by atoms with van der Waals surface area (Å²) in [7, 11) is 0. The molecule has 1 saturated heterocycles. The maximum atomic E-state index is 8.64. The predicted molar refractivity (Wildman–Crippen MR) is 31.9 cm³/mol. The summed E-state index contributed by atoms with van der Waals surface area (Å²) in [4.78, 5) is 0. The molecule has 1 rings (SSSR count). The number of aliphatic hydroxyl groups excluding tert-OH is 1. The molecule has 0 saturated carbocycles. The summed E-state index contributed by atoms with van der Waals surface area (Å²) in [5.74, 6) is 0.104. The summed E-state index contributed by atoms with van der Waals surface area (Å²) in [5, 5.41) is 8.64. The highest BCUT2D eigenvalue weighted by Crippen LogP contribution is 2.12. The molecule has 54 valence electrons. The Hall–Kier alpha value is -0.120. The van der Waals surface area contributed by atoms with Crippen LogP contribution in [0.15, 0.2) is 0 Å². The minimum atomic E-state index is -0.171. The molecule has 9 heavy (non-hydrogen) atoms. The minimum Gasteiger partial charge on any atom is -0.396 e. The third kappa shape index (κ3) is 1.64. The average Bonchev–Trinajstić information content (AvgIpc) is 2.37. The van der Waals surface area contributed by atoms with Gasteiger partial charge in [0.15, 0.2) is 6.29 Å². The first kappa shape index (κ1) is 6.99. The number of hydrogen-bond donors (Lipinski definition) is 1. The minimum absolute atomic E-state index is 0.104. The van der Waals surface area contributed by atoms with Crippen molar-refractivity contribution in [2.75, 3.05) is 19.8 Å². The fraction of sp³-hybridized carbons (Fsp3) is 1.00. The molecular weight excluding hydrogens is 120 g/mol. The first-order valence-corrected chi connectivity index (χ1v) is 3.18. The van der Waals surface area contributed by atoms with E-state index in [-0.39, 0.29) is 18.8 Å². The number of hydrogen-bond acceptors (Lipinski definition) is 3. The molecular formula is C6H12O3. The summed E-state index contributed by atoms with van der Waals surface area (Å²) in [5.41, 5.74) is 0. The van der Waals surface area contributed by atoms with Crippen molar-refractivity contribution in [3.8, 4) is 0 Å². The highest BCUT2D eigenvalue weighted by molar-refractivity contribution is 4.58. The van der Waals surface area contributed by atoms with Crippen LogP contribution in [0, 0.1) is 5.92 Å². The van der Waals surface area contributed by atoms with E-state index in [4.69, 9.17) is 14.6 Å². The molecule has 0 radical (unpaired) electrons. The van der Waals surface area contributed by atoms with E-state index < -0.39 is 0 Å². The number of ether oxygens (including phenoxy) is 2. The van der Waals surface area contributed by atoms with Crippen LogP contribution in [-0.4, -0.2) is 31.2 Å². The highest BCUT2D eigenvalue weighted by atomic mass is 16.7. The van der Waals surface area contributed by atoms with Crippen molar-refractivity contribution in [2.45, 2.75) is 13.2 Å². The first-order chi connectivity index (χ1) is 4.34. The second-order valence-electron chi connectivity index (χ2n) is 2.27. The Bertz CT molecular complexity index is 78.4. The van der Waals surface area contributed by atoms with Crippen molar-refractivity contribution in [3.05, 3.63) is 0 Å². The van der Waals surface area contributed by atoms with Crippen LogP contribution in [0.1, 0.15) is 6.92 Å². The lowest BCUT2D eigenvalue weighted by molar-refractivity contribution is -0.0899. The van der Waals surface area contributed by atoms with Gasteiger partial charge in [-0.05, 0) is 0 Å². The molecule has 1 atom stereocenters. The van der Waals surface area contributed by atoms with E-state index >= 15 is 0 Å². The first-order valence-electron chi connectivity index (χ1n) is 3.18. The molecule has 3 heteroatoms. The molecule has 3 nitrogen and oxygen atoms in total. The van der Waals surface area contributed by atoms with Crippen LogP contribution in [0.3, 0.4) is 0 Å². The third-order valence-corrected chi connectivity index (χ3v) is 1.40. The number of aliphatic hydroxyl groups is 1. The third-order valence-electron chi connectivity index (χ3n) is 1.40. The molecule has 0 unspecified atom stereocenters. The summed E-state index contributed by atoms with van der Waals surface area (Å²) in [6, 6.07) is 0. The van der Waals surface area contributed by atoms with Crippen molar-refractivity contribution in [3.63, 3.8) is 0 Å². The van der Waals surface area contributed by atoms with Crippen LogP contribution in [0.25, 0.3) is 0 Å². The average molecular weight is 132 g/mol. The standard InChI is InChI=1S/C6H12O3/c1-5(4-7)6-8-2-3-9-6/h5-7H,2-4H2,1H3/t5-/m1/s1. The lowest BCUT2D eigenvalue weighted by Gasteiger charge is -2.13. The van der Waals surface area contributed by atoms with Gasteiger partial charge in [-0.3, -0.25) is 0 Å². The summed E-state index contributed by atoms with van der Waals surface area (Å²) < 4.78 is 10.2. The molecule has 1 N–H and O–H groups in total. The van der Waals surface area contributed by atoms with Gasteiger partial charge < -0.3 is 14.6 Å². The van der Waals surface area contributed by atoms with Crippen LogP contribution in [0.2, 0.25) is 0 Å². The molecule has 1 aliphatic heterocycles. The van der Waals surface area contributed by atoms with Crippen LogP contribution in [0.5, 0.6) is 0 Å². The summed E-state index contributed by atoms with van der Waals surface area (Å²) in [6.45, 7) is 3.35. The molecule has 0 aromatic heterocycles. The highest BCUT2D eigenvalue weighted by Gasteiger charge is 2.21. The van der Waals surface area contributed by atoms with E-state index in [0.29, 0.717) is 13.2 Å². The topological polar surface area (TPSA) is 38.7 Å². The van der Waals surface area contributed by atoms with E-state index in [2.05, 4.69) is 0 Å². The second-order valence-corrected chi connectivity index (χ2v) is 2.27. The zero-order valence-corrected chi connectivity index (χ0v) is 5.54. The molecule has 0 aromatic carbocycles. The van der Waals surface area contributed by atoms with Crippen molar-refractivity contribution in [1.82, 2.24) is 0 Å². The van der Waals surface area contributed by atoms with Crippen LogP contribution in [-0.2, 0) is 9.47 Å². The van der Waals surface area contributed by atoms with Crippen molar-refractivity contribution < 1.29 is 14.6 Å². The van der Waals surface area contributed by atoms with Gasteiger partial charge in [-0.25, -0.2) is 0 Å². The molecule has 1 fully saturated rings. The molecule has 0 spiro atoms. The van der Waals surface area contributed by atoms with Gasteiger partial charge in [0.1, 0.15) is 0 Å². The molecule has 0 aromatic rings. The zero-order valence-electron chi connectivity index (χ0n) is 5.54. The van der Waals surface area contributed by atoms with Gasteiger partial charge in [0, 0.05) is 5.92 Å². The van der Waals surface area contributed by atoms with Crippen molar-refractivity contribution in [1.29, 1.82) is 0 Å². The van der Waals surface area contributed by atoms with Crippen molar-refractivity contribution in [2.24, 2.45) is 5.92 Å². The predicted octanol–water partition coefficient (Wildman–Crippen LogP) is -0.0123. The normalized spacial score (nSPS) is 24.7. The smallest absolute Gasteiger partial charge is 0.162 e. The van der Waals surface area contributed by atoms with Gasteiger partial charge >= 0.3 is 0 Å². The zero-order chi connectivity index (χ0) is 6.69. The quantitative estimate of drug-likeness (QED) is 0.574. The monoisotopic (exact) mass is 132 g/mol. The van der Waals surface area contributed by atoms with Crippen molar-refractivity contribution >= 4 is 0 Å². The molecule has 0 amide bonds. The van der Waals surface area contributed by atoms with E-state index in [1.54, 1.807) is 0 Å². The fourth-order valence-electron chi connectivity index (χ4n) is 0.791. The Balaban J connectivity index is 2.24. The van der Waals surface area contributed by atoms with Gasteiger partial charge in [0.05, 0.1) is 19.8 Å². The Morgan fingerprint density at radius 2 is 2.11 bits per heavy atom. The van der Waals surface area contributed by atoms with Crippen LogP contribution in [0.4, 0.5) is 0 Å². The van der Waals surface area contributed by atoms with Gasteiger partial charge in [0.25, 0.3) is 0 Å². The SMILES string of the molecule is C[C@H](CO)C1OCCO1. The second kappa shape index (κ2) is 3.15. The maximum Gasteiger partial charge on any atom is 0.162 e. The van der Waals surface area contributed by atoms with E-state index in [9.17, 15) is 0 Å². The maximum absolute atomic E-state index is 8.64. The largest absolute Gasteiger partial charge is 0.396 e. The van der Waals surface area contributed by atoms with Gasteiger partial charge in [-0.2, -0.15) is 0 Å². The molecule has 1 aliphatic rings. The lowest BCUT2D eigenvalue weighted by atomic mass is 10.2. The Morgan fingerprint density at radius 3 is 2.56 bits per heavy atom. The molecule has 0 bridgehead atoms. The Morgan fingerprint density at radius 1 is 1.56 bits per heavy atom. The number of rotatable bonds is 2. The van der Waals surface area contributed by atoms with Gasteiger partial charge in [-0.1, -0.05) is 6.92 Å².